The maximum atomic E-state index is 11.8. The first-order valence-electron chi connectivity index (χ1n) is 12.2. The van der Waals surface area contributed by atoms with Crippen molar-refractivity contribution >= 4 is 28.6 Å². The van der Waals surface area contributed by atoms with Crippen LogP contribution in [0.25, 0.3) is 11.0 Å². The zero-order valence-corrected chi connectivity index (χ0v) is 21.8. The van der Waals surface area contributed by atoms with Gasteiger partial charge >= 0.3 is 5.97 Å². The van der Waals surface area contributed by atoms with Gasteiger partial charge in [0.15, 0.2) is 0 Å². The normalized spacial score (nSPS) is 17.5. The lowest BCUT2D eigenvalue weighted by Crippen LogP contribution is -2.35. The molecular formula is C28H37N3O4. The van der Waals surface area contributed by atoms with Crippen LogP contribution in [-0.4, -0.2) is 33.8 Å². The number of anilines is 2. The van der Waals surface area contributed by atoms with Crippen molar-refractivity contribution in [2.45, 2.75) is 73.0 Å². The Kier molecular flexibility index (Phi) is 6.47. The standard InChI is InChI=1S/C28H37N3O4/c1-17(2)35-20-10-8-18(9-11-20)29-26-30-22-12-21(25(32)33)24(34-7)13-23(22)31(26)19-14-27(3,4)16-28(5,6)15-19/h8-13,17,19H,14-16H2,1-7H3,(H,29,30)(H,32,33). The van der Waals surface area contributed by atoms with Crippen LogP contribution in [0.1, 0.15) is 77.2 Å². The highest BCUT2D eigenvalue weighted by Crippen LogP contribution is 2.51. The number of ether oxygens (including phenoxy) is 2. The average Bonchev–Trinajstić information content (AvgIpc) is 3.08. The number of nitrogens with one attached hydrogen (secondary N) is 1. The molecule has 1 fully saturated rings. The molecule has 7 nitrogen and oxygen atoms in total. The number of rotatable bonds is 7. The number of fused-ring (bicyclic) bond motifs is 1. The highest BCUT2D eigenvalue weighted by atomic mass is 16.5. The van der Waals surface area contributed by atoms with Gasteiger partial charge in [0.25, 0.3) is 0 Å². The van der Waals surface area contributed by atoms with Crippen LogP contribution in [0.15, 0.2) is 36.4 Å². The predicted octanol–water partition coefficient (Wildman–Crippen LogP) is 7.05. The second-order valence-electron chi connectivity index (χ2n) is 11.5. The minimum atomic E-state index is -1.03. The Labute approximate surface area is 207 Å². The van der Waals surface area contributed by atoms with Crippen molar-refractivity contribution in [3.63, 3.8) is 0 Å². The fraction of sp³-hybridized carbons (Fsp3) is 0.500. The number of carbonyl (C=O) groups is 1. The third-order valence-corrected chi connectivity index (χ3v) is 6.62. The number of benzene rings is 2. The van der Waals surface area contributed by atoms with Gasteiger partial charge in [-0.15, -0.1) is 0 Å². The predicted molar refractivity (Wildman–Crippen MR) is 139 cm³/mol. The van der Waals surface area contributed by atoms with E-state index >= 15 is 0 Å². The van der Waals surface area contributed by atoms with Gasteiger partial charge in [-0.05, 0) is 74.3 Å². The van der Waals surface area contributed by atoms with Crippen LogP contribution in [0.4, 0.5) is 11.6 Å². The summed E-state index contributed by atoms with van der Waals surface area (Å²) in [5, 5.41) is 13.2. The van der Waals surface area contributed by atoms with Gasteiger partial charge in [-0.3, -0.25) is 0 Å². The zero-order valence-electron chi connectivity index (χ0n) is 21.8. The van der Waals surface area contributed by atoms with Crippen LogP contribution in [0.5, 0.6) is 11.5 Å². The van der Waals surface area contributed by atoms with Crippen molar-refractivity contribution in [3.05, 3.63) is 42.0 Å². The summed E-state index contributed by atoms with van der Waals surface area (Å²) in [6, 6.07) is 11.4. The van der Waals surface area contributed by atoms with Crippen molar-refractivity contribution in [3.8, 4) is 11.5 Å². The van der Waals surface area contributed by atoms with Gasteiger partial charge in [0.2, 0.25) is 5.95 Å². The highest BCUT2D eigenvalue weighted by Gasteiger charge is 2.40. The van der Waals surface area contributed by atoms with E-state index in [1.807, 2.05) is 44.2 Å². The number of aromatic nitrogens is 2. The van der Waals surface area contributed by atoms with E-state index in [9.17, 15) is 9.90 Å². The molecule has 1 aromatic heterocycles. The number of imidazole rings is 1. The van der Waals surface area contributed by atoms with Crippen molar-refractivity contribution in [2.24, 2.45) is 10.8 Å². The van der Waals surface area contributed by atoms with E-state index < -0.39 is 5.97 Å². The van der Waals surface area contributed by atoms with Crippen molar-refractivity contribution in [2.75, 3.05) is 12.4 Å². The van der Waals surface area contributed by atoms with E-state index in [-0.39, 0.29) is 28.5 Å². The maximum absolute atomic E-state index is 11.8. The monoisotopic (exact) mass is 479 g/mol. The number of hydrogen-bond acceptors (Lipinski definition) is 5. The Balaban J connectivity index is 1.83. The van der Waals surface area contributed by atoms with Crippen molar-refractivity contribution in [1.29, 1.82) is 0 Å². The Morgan fingerprint density at radius 1 is 1.11 bits per heavy atom. The molecule has 35 heavy (non-hydrogen) atoms. The first-order valence-corrected chi connectivity index (χ1v) is 12.2. The Morgan fingerprint density at radius 3 is 2.29 bits per heavy atom. The lowest BCUT2D eigenvalue weighted by molar-refractivity contribution is 0.0693. The number of methoxy groups -OCH3 is 1. The van der Waals surface area contributed by atoms with E-state index in [0.717, 1.165) is 36.2 Å². The number of hydrogen-bond donors (Lipinski definition) is 2. The Hall–Kier alpha value is -3.22. The summed E-state index contributed by atoms with van der Waals surface area (Å²) in [6.07, 6.45) is 3.26. The molecule has 2 N–H and O–H groups in total. The first-order chi connectivity index (χ1) is 16.4. The van der Waals surface area contributed by atoms with E-state index in [0.29, 0.717) is 17.2 Å². The van der Waals surface area contributed by atoms with Crippen LogP contribution >= 0.6 is 0 Å². The molecule has 0 aliphatic heterocycles. The molecular weight excluding hydrogens is 442 g/mol. The molecule has 1 saturated carbocycles. The number of aromatic carboxylic acids is 1. The maximum Gasteiger partial charge on any atom is 0.339 e. The molecule has 0 saturated heterocycles. The molecule has 0 atom stereocenters. The van der Waals surface area contributed by atoms with Gasteiger partial charge in [-0.1, -0.05) is 27.7 Å². The van der Waals surface area contributed by atoms with Gasteiger partial charge < -0.3 is 24.5 Å². The van der Waals surface area contributed by atoms with Gasteiger partial charge in [-0.2, -0.15) is 0 Å². The molecule has 0 unspecified atom stereocenters. The molecule has 7 heteroatoms. The average molecular weight is 480 g/mol. The molecule has 0 bridgehead atoms. The number of carboxylic acids is 1. The Bertz CT molecular complexity index is 1210. The second-order valence-corrected chi connectivity index (χ2v) is 11.5. The molecule has 1 aliphatic carbocycles. The van der Waals surface area contributed by atoms with E-state index in [1.54, 1.807) is 6.07 Å². The third kappa shape index (κ3) is 5.39. The second kappa shape index (κ2) is 9.10. The third-order valence-electron chi connectivity index (χ3n) is 6.62. The van der Waals surface area contributed by atoms with Crippen molar-refractivity contribution < 1.29 is 19.4 Å². The topological polar surface area (TPSA) is 85.6 Å². The summed E-state index contributed by atoms with van der Waals surface area (Å²) in [5.74, 6) is 0.807. The van der Waals surface area contributed by atoms with Gasteiger partial charge in [0.05, 0.1) is 24.2 Å². The summed E-state index contributed by atoms with van der Waals surface area (Å²) < 4.78 is 13.5. The summed E-state index contributed by atoms with van der Waals surface area (Å²) in [7, 11) is 1.50. The van der Waals surface area contributed by atoms with Crippen LogP contribution < -0.4 is 14.8 Å². The van der Waals surface area contributed by atoms with Crippen LogP contribution in [0.3, 0.4) is 0 Å². The molecule has 0 spiro atoms. The fourth-order valence-corrected chi connectivity index (χ4v) is 5.90. The van der Waals surface area contributed by atoms with Gasteiger partial charge in [0, 0.05) is 17.8 Å². The molecule has 0 radical (unpaired) electrons. The van der Waals surface area contributed by atoms with Crippen molar-refractivity contribution in [1.82, 2.24) is 9.55 Å². The molecule has 3 aromatic rings. The van der Waals surface area contributed by atoms with E-state index in [2.05, 4.69) is 37.6 Å². The largest absolute Gasteiger partial charge is 0.496 e. The van der Waals surface area contributed by atoms with Gasteiger partial charge in [-0.25, -0.2) is 9.78 Å². The minimum absolute atomic E-state index is 0.106. The Morgan fingerprint density at radius 2 is 1.74 bits per heavy atom. The summed E-state index contributed by atoms with van der Waals surface area (Å²) in [6.45, 7) is 13.3. The minimum Gasteiger partial charge on any atom is -0.496 e. The van der Waals surface area contributed by atoms with Crippen LogP contribution in [-0.2, 0) is 0 Å². The zero-order chi connectivity index (χ0) is 25.5. The first kappa shape index (κ1) is 24.9. The molecule has 4 rings (SSSR count). The molecule has 0 amide bonds. The lowest BCUT2D eigenvalue weighted by atomic mass is 9.63. The molecule has 188 valence electrons. The highest BCUT2D eigenvalue weighted by molar-refractivity contribution is 5.96. The summed E-state index contributed by atoms with van der Waals surface area (Å²) in [4.78, 5) is 16.7. The molecule has 2 aromatic carbocycles. The number of carboxylic acid groups (broad SMARTS) is 1. The SMILES string of the molecule is COc1cc2c(cc1C(=O)O)nc(Nc1ccc(OC(C)C)cc1)n2C1CC(C)(C)CC(C)(C)C1. The quantitative estimate of drug-likeness (QED) is 0.378. The van der Waals surface area contributed by atoms with Crippen LogP contribution in [0.2, 0.25) is 0 Å². The van der Waals surface area contributed by atoms with E-state index in [4.69, 9.17) is 14.5 Å². The summed E-state index contributed by atoms with van der Waals surface area (Å²) in [5.41, 5.74) is 2.83. The molecule has 1 aliphatic rings. The smallest absolute Gasteiger partial charge is 0.339 e. The van der Waals surface area contributed by atoms with Gasteiger partial charge in [0.1, 0.15) is 17.1 Å². The summed E-state index contributed by atoms with van der Waals surface area (Å²) >= 11 is 0. The molecule has 1 heterocycles. The number of nitrogens with zero attached hydrogens (tertiary/aromatic N) is 2. The van der Waals surface area contributed by atoms with E-state index in [1.165, 1.54) is 7.11 Å². The van der Waals surface area contributed by atoms with Crippen LogP contribution in [0, 0.1) is 10.8 Å². The fourth-order valence-electron chi connectivity index (χ4n) is 5.90. The lowest BCUT2D eigenvalue weighted by Gasteiger charge is -2.45.